The van der Waals surface area contributed by atoms with Gasteiger partial charge in [0.1, 0.15) is 23.6 Å². The Hall–Kier alpha value is -3.30. The van der Waals surface area contributed by atoms with Gasteiger partial charge in [-0.3, -0.25) is 15.6 Å². The van der Waals surface area contributed by atoms with Crippen molar-refractivity contribution in [2.24, 2.45) is 0 Å². The SMILES string of the molecule is Cc1ccc(Nc2ncnc(NNC(=O)COc3ccc(Cl)cc3Cl)c2N)nc1. The fourth-order valence-corrected chi connectivity index (χ4v) is 2.62. The number of rotatable bonds is 7. The number of nitrogens with one attached hydrogen (secondary N) is 3. The van der Waals surface area contributed by atoms with E-state index in [-0.39, 0.29) is 18.1 Å². The summed E-state index contributed by atoms with van der Waals surface area (Å²) in [6, 6.07) is 8.40. The van der Waals surface area contributed by atoms with E-state index in [4.69, 9.17) is 33.7 Å². The first-order valence-corrected chi connectivity index (χ1v) is 9.11. The number of aromatic nitrogens is 3. The molecule has 3 aromatic rings. The minimum Gasteiger partial charge on any atom is -0.482 e. The molecular weight excluding hydrogens is 417 g/mol. The van der Waals surface area contributed by atoms with E-state index in [2.05, 4.69) is 31.1 Å². The van der Waals surface area contributed by atoms with Crippen LogP contribution in [0.25, 0.3) is 0 Å². The number of hydrogen-bond acceptors (Lipinski definition) is 8. The van der Waals surface area contributed by atoms with Crippen molar-refractivity contribution < 1.29 is 9.53 Å². The largest absolute Gasteiger partial charge is 0.482 e. The number of aryl methyl sites for hydroxylation is 1. The van der Waals surface area contributed by atoms with Gasteiger partial charge in [-0.25, -0.2) is 15.0 Å². The molecule has 150 valence electrons. The van der Waals surface area contributed by atoms with Gasteiger partial charge in [0, 0.05) is 11.2 Å². The summed E-state index contributed by atoms with van der Waals surface area (Å²) in [4.78, 5) is 24.3. The molecule has 0 fully saturated rings. The Morgan fingerprint density at radius 1 is 1.14 bits per heavy atom. The predicted molar refractivity (Wildman–Crippen MR) is 112 cm³/mol. The number of hydrogen-bond donors (Lipinski definition) is 4. The summed E-state index contributed by atoms with van der Waals surface area (Å²) < 4.78 is 5.36. The molecule has 0 aliphatic heterocycles. The molecule has 2 heterocycles. The zero-order valence-electron chi connectivity index (χ0n) is 15.2. The van der Waals surface area contributed by atoms with E-state index in [1.54, 1.807) is 24.4 Å². The second kappa shape index (κ2) is 9.26. The third kappa shape index (κ3) is 5.59. The first-order valence-electron chi connectivity index (χ1n) is 8.35. The summed E-state index contributed by atoms with van der Waals surface area (Å²) in [6.07, 6.45) is 3.01. The van der Waals surface area contributed by atoms with E-state index in [0.29, 0.717) is 27.4 Å². The van der Waals surface area contributed by atoms with Crippen LogP contribution in [0.5, 0.6) is 5.75 Å². The highest BCUT2D eigenvalue weighted by molar-refractivity contribution is 6.35. The number of carbonyl (C=O) groups is 1. The maximum atomic E-state index is 12.0. The van der Waals surface area contributed by atoms with Crippen LogP contribution in [0.4, 0.5) is 23.1 Å². The predicted octanol–water partition coefficient (Wildman–Crippen LogP) is 3.33. The van der Waals surface area contributed by atoms with Crippen LogP contribution in [-0.2, 0) is 4.79 Å². The lowest BCUT2D eigenvalue weighted by atomic mass is 10.3. The van der Waals surface area contributed by atoms with Gasteiger partial charge in [0.15, 0.2) is 18.2 Å². The Bertz CT molecular complexity index is 1020. The number of anilines is 4. The number of nitrogens with zero attached hydrogens (tertiary/aromatic N) is 3. The van der Waals surface area contributed by atoms with Crippen molar-refractivity contribution in [2.75, 3.05) is 23.1 Å². The van der Waals surface area contributed by atoms with Crippen molar-refractivity contribution in [3.8, 4) is 5.75 Å². The molecule has 2 aromatic heterocycles. The van der Waals surface area contributed by atoms with Crippen LogP contribution in [-0.4, -0.2) is 27.5 Å². The average Bonchev–Trinajstić information content (AvgIpc) is 2.69. The van der Waals surface area contributed by atoms with E-state index in [0.717, 1.165) is 5.56 Å². The van der Waals surface area contributed by atoms with Gasteiger partial charge in [-0.05, 0) is 36.8 Å². The molecule has 0 saturated heterocycles. The van der Waals surface area contributed by atoms with Crippen LogP contribution in [0.2, 0.25) is 10.0 Å². The second-order valence-electron chi connectivity index (χ2n) is 5.87. The molecule has 1 amide bonds. The first kappa shape index (κ1) is 20.4. The lowest BCUT2D eigenvalue weighted by molar-refractivity contribution is -0.122. The second-order valence-corrected chi connectivity index (χ2v) is 6.71. The molecule has 11 heteroatoms. The lowest BCUT2D eigenvalue weighted by Crippen LogP contribution is -2.34. The number of nitrogens with two attached hydrogens (primary N) is 1. The van der Waals surface area contributed by atoms with Gasteiger partial charge < -0.3 is 15.8 Å². The van der Waals surface area contributed by atoms with Gasteiger partial charge >= 0.3 is 0 Å². The molecule has 0 aliphatic carbocycles. The van der Waals surface area contributed by atoms with Crippen molar-refractivity contribution in [1.29, 1.82) is 0 Å². The van der Waals surface area contributed by atoms with E-state index in [1.165, 1.54) is 12.4 Å². The third-order valence-corrected chi connectivity index (χ3v) is 4.15. The molecule has 0 radical (unpaired) electrons. The molecule has 0 aliphatic rings. The van der Waals surface area contributed by atoms with Crippen LogP contribution in [0.3, 0.4) is 0 Å². The zero-order valence-corrected chi connectivity index (χ0v) is 16.8. The molecule has 0 saturated carbocycles. The number of benzene rings is 1. The highest BCUT2D eigenvalue weighted by Gasteiger charge is 2.11. The number of carbonyl (C=O) groups excluding carboxylic acids is 1. The smallest absolute Gasteiger partial charge is 0.276 e. The van der Waals surface area contributed by atoms with E-state index < -0.39 is 5.91 Å². The Morgan fingerprint density at radius 2 is 1.93 bits per heavy atom. The molecule has 9 nitrogen and oxygen atoms in total. The van der Waals surface area contributed by atoms with Gasteiger partial charge in [0.2, 0.25) is 0 Å². The molecule has 0 unspecified atom stereocenters. The number of halogens is 2. The number of nitrogen functional groups attached to an aromatic ring is 1. The average molecular weight is 434 g/mol. The molecule has 0 bridgehead atoms. The number of pyridine rings is 1. The zero-order chi connectivity index (χ0) is 20.8. The minimum absolute atomic E-state index is 0.205. The fourth-order valence-electron chi connectivity index (χ4n) is 2.16. The highest BCUT2D eigenvalue weighted by atomic mass is 35.5. The number of hydrazine groups is 1. The lowest BCUT2D eigenvalue weighted by Gasteiger charge is -2.13. The van der Waals surface area contributed by atoms with Crippen molar-refractivity contribution in [2.45, 2.75) is 6.92 Å². The van der Waals surface area contributed by atoms with Gasteiger partial charge in [-0.1, -0.05) is 29.3 Å². The van der Waals surface area contributed by atoms with E-state index >= 15 is 0 Å². The quantitative estimate of drug-likeness (QED) is 0.417. The fraction of sp³-hybridized carbons (Fsp3) is 0.111. The molecule has 0 atom stereocenters. The van der Waals surface area contributed by atoms with Crippen LogP contribution in [0, 0.1) is 6.92 Å². The summed E-state index contributed by atoms with van der Waals surface area (Å²) in [7, 11) is 0. The monoisotopic (exact) mass is 433 g/mol. The number of amides is 1. The minimum atomic E-state index is -0.469. The van der Waals surface area contributed by atoms with Crippen LogP contribution in [0.1, 0.15) is 5.56 Å². The Balaban J connectivity index is 1.57. The van der Waals surface area contributed by atoms with E-state index in [9.17, 15) is 4.79 Å². The highest BCUT2D eigenvalue weighted by Crippen LogP contribution is 2.27. The van der Waals surface area contributed by atoms with Gasteiger partial charge in [0.25, 0.3) is 5.91 Å². The van der Waals surface area contributed by atoms with Crippen molar-refractivity contribution in [3.05, 3.63) is 58.5 Å². The maximum Gasteiger partial charge on any atom is 0.276 e. The normalized spacial score (nSPS) is 10.3. The molecule has 0 spiro atoms. The van der Waals surface area contributed by atoms with Crippen molar-refractivity contribution in [1.82, 2.24) is 20.4 Å². The molecule has 1 aromatic carbocycles. The summed E-state index contributed by atoms with van der Waals surface area (Å²) in [5.41, 5.74) is 12.4. The summed E-state index contributed by atoms with van der Waals surface area (Å²) in [5.74, 6) is 1.00. The first-order chi connectivity index (χ1) is 13.9. The van der Waals surface area contributed by atoms with Crippen LogP contribution < -0.4 is 26.6 Å². The summed E-state index contributed by atoms with van der Waals surface area (Å²) in [5, 5.41) is 3.77. The Morgan fingerprint density at radius 3 is 2.66 bits per heavy atom. The molecule has 5 N–H and O–H groups in total. The van der Waals surface area contributed by atoms with Gasteiger partial charge in [-0.15, -0.1) is 0 Å². The van der Waals surface area contributed by atoms with E-state index in [1.807, 2.05) is 13.0 Å². The summed E-state index contributed by atoms with van der Waals surface area (Å²) >= 11 is 11.8. The van der Waals surface area contributed by atoms with Crippen LogP contribution in [0.15, 0.2) is 42.9 Å². The Labute approximate surface area is 176 Å². The molecule has 3 rings (SSSR count). The van der Waals surface area contributed by atoms with Gasteiger partial charge in [-0.2, -0.15) is 0 Å². The van der Waals surface area contributed by atoms with Crippen molar-refractivity contribution >= 4 is 52.3 Å². The van der Waals surface area contributed by atoms with Crippen LogP contribution >= 0.6 is 23.2 Å². The van der Waals surface area contributed by atoms with Gasteiger partial charge in [0.05, 0.1) is 5.02 Å². The van der Waals surface area contributed by atoms with Crippen molar-refractivity contribution in [3.63, 3.8) is 0 Å². The third-order valence-electron chi connectivity index (χ3n) is 3.61. The Kier molecular flexibility index (Phi) is 6.53. The standard InChI is InChI=1S/C18H17Cl2N7O2/c1-10-2-5-14(22-7-10)25-17-16(21)18(24-9-23-17)27-26-15(28)8-29-13-4-3-11(19)6-12(13)20/h2-7,9H,8,21H2,1H3,(H,26,28)(H2,22,23,24,25,27). The molecular formula is C18H17Cl2N7O2. The number of ether oxygens (including phenoxy) is 1. The molecule has 29 heavy (non-hydrogen) atoms. The maximum absolute atomic E-state index is 12.0. The summed E-state index contributed by atoms with van der Waals surface area (Å²) in [6.45, 7) is 1.66. The topological polar surface area (TPSA) is 127 Å².